The Morgan fingerprint density at radius 1 is 0.667 bits per heavy atom. The summed E-state index contributed by atoms with van der Waals surface area (Å²) >= 11 is 0. The van der Waals surface area contributed by atoms with E-state index >= 15 is 0 Å². The van der Waals surface area contributed by atoms with Gasteiger partial charge in [-0.3, -0.25) is 14.1 Å². The summed E-state index contributed by atoms with van der Waals surface area (Å²) < 4.78 is 0. The SMILES string of the molecule is F.F.F.[AlH3].[CsH].[KH]. The van der Waals surface area contributed by atoms with Gasteiger partial charge in [-0.05, 0) is 0 Å². The van der Waals surface area contributed by atoms with Crippen molar-refractivity contribution in [3.8, 4) is 0 Å². The van der Waals surface area contributed by atoms with Crippen LogP contribution >= 0.6 is 0 Å². The van der Waals surface area contributed by atoms with Crippen LogP contribution in [0.4, 0.5) is 14.1 Å². The third-order valence-corrected chi connectivity index (χ3v) is 0. The molecule has 0 aliphatic carbocycles. The third-order valence-electron chi connectivity index (χ3n) is 0. The van der Waals surface area contributed by atoms with E-state index in [0.29, 0.717) is 0 Å². The Morgan fingerprint density at radius 3 is 0.667 bits per heavy atom. The zero-order chi connectivity index (χ0) is 0. The molecule has 6 heavy (non-hydrogen) atoms. The zero-order valence-corrected chi connectivity index (χ0v) is 1.22. The fourth-order valence-corrected chi connectivity index (χ4v) is 0. The summed E-state index contributed by atoms with van der Waals surface area (Å²) in [4.78, 5) is 0. The van der Waals surface area contributed by atoms with Gasteiger partial charge < -0.3 is 0 Å². The molecular formula is H8AlCsF3K. The van der Waals surface area contributed by atoms with Gasteiger partial charge in [-0.25, -0.2) is 0 Å². The summed E-state index contributed by atoms with van der Waals surface area (Å²) in [7, 11) is 0. The van der Waals surface area contributed by atoms with Gasteiger partial charge in [0.15, 0.2) is 17.4 Å². The predicted molar refractivity (Wildman–Crippen MR) is 31.7 cm³/mol. The molecule has 0 N–H and O–H groups in total. The number of halogens is 3. The van der Waals surface area contributed by atoms with Gasteiger partial charge in [0.1, 0.15) is 0 Å². The molecule has 0 aromatic heterocycles. The van der Waals surface area contributed by atoms with Crippen molar-refractivity contribution in [1.82, 2.24) is 0 Å². The van der Waals surface area contributed by atoms with Crippen molar-refractivity contribution in [2.75, 3.05) is 0 Å². The summed E-state index contributed by atoms with van der Waals surface area (Å²) in [5.74, 6) is 0. The predicted octanol–water partition coefficient (Wildman–Crippen LogP) is -2.02. The van der Waals surface area contributed by atoms with Crippen molar-refractivity contribution in [2.24, 2.45) is 0 Å². The molecule has 0 unspecified atom stereocenters. The molecule has 0 saturated carbocycles. The fraction of sp³-hybridized carbons (Fsp3) is 0. The Bertz CT molecular complexity index is 10.8. The second-order valence-electron chi connectivity index (χ2n) is 0. The van der Waals surface area contributed by atoms with Crippen molar-refractivity contribution in [1.29, 1.82) is 0 Å². The monoisotopic (exact) mass is 264 g/mol. The van der Waals surface area contributed by atoms with Crippen molar-refractivity contribution < 1.29 is 14.1 Å². The molecule has 0 saturated heterocycles. The van der Waals surface area contributed by atoms with Gasteiger partial charge in [0, 0.05) is 0 Å². The van der Waals surface area contributed by atoms with Crippen LogP contribution in [0.5, 0.6) is 0 Å². The maximum atomic E-state index is 0. The molecule has 0 nitrogen and oxygen atoms in total. The van der Waals surface area contributed by atoms with Crippen molar-refractivity contribution in [3.05, 3.63) is 0 Å². The first kappa shape index (κ1) is 50.5. The Labute approximate surface area is 147 Å². The topological polar surface area (TPSA) is 0 Å². The average molecular weight is 264 g/mol. The number of hydrogen-bond acceptors (Lipinski definition) is 0. The van der Waals surface area contributed by atoms with Crippen LogP contribution in [-0.2, 0) is 0 Å². The molecule has 0 aliphatic rings. The van der Waals surface area contributed by atoms with Crippen molar-refractivity contribution >= 4 is 138 Å². The quantitative estimate of drug-likeness (QED) is 0.443. The van der Waals surface area contributed by atoms with E-state index in [4.69, 9.17) is 0 Å². The first-order valence-corrected chi connectivity index (χ1v) is 0. The van der Waals surface area contributed by atoms with E-state index in [9.17, 15) is 0 Å². The molecule has 0 atom stereocenters. The van der Waals surface area contributed by atoms with Gasteiger partial charge in [-0.2, -0.15) is 0 Å². The molecule has 0 spiro atoms. The van der Waals surface area contributed by atoms with Gasteiger partial charge in [-0.1, -0.05) is 0 Å². The number of hydrogen-bond donors (Lipinski definition) is 0. The van der Waals surface area contributed by atoms with E-state index in [1.807, 2.05) is 0 Å². The van der Waals surface area contributed by atoms with Crippen LogP contribution in [-0.4, -0.2) is 138 Å². The Morgan fingerprint density at radius 2 is 0.667 bits per heavy atom. The average Bonchev–Trinajstić information content (AvgIpc) is 0. The molecule has 0 rings (SSSR count). The normalized spacial score (nSPS) is 0. The fourth-order valence-electron chi connectivity index (χ4n) is 0. The van der Waals surface area contributed by atoms with Crippen LogP contribution in [0.15, 0.2) is 0 Å². The molecule has 0 aromatic rings. The Balaban J connectivity index is 0. The van der Waals surface area contributed by atoms with Gasteiger partial charge in [-0.15, -0.1) is 0 Å². The van der Waals surface area contributed by atoms with E-state index in [1.54, 1.807) is 0 Å². The maximum absolute atomic E-state index is 0. The molecule has 0 heterocycles. The standard InChI is InChI=1S/Al.Cs.3FH.K.5H/h;;3*1H;;;;;;. The van der Waals surface area contributed by atoms with E-state index in [1.165, 1.54) is 0 Å². The summed E-state index contributed by atoms with van der Waals surface area (Å²) in [5, 5.41) is 0. The van der Waals surface area contributed by atoms with Crippen LogP contribution in [0.3, 0.4) is 0 Å². The molecular weight excluding hydrogens is 256 g/mol. The van der Waals surface area contributed by atoms with E-state index in [0.717, 1.165) is 0 Å². The second kappa shape index (κ2) is 35.9. The Kier molecular flexibility index (Phi) is 303. The molecule has 0 aromatic carbocycles. The van der Waals surface area contributed by atoms with Gasteiger partial charge in [0.05, 0.1) is 0 Å². The Hall–Kier alpha value is 4.01. The third kappa shape index (κ3) is 24.5. The van der Waals surface area contributed by atoms with Gasteiger partial charge >= 0.3 is 120 Å². The summed E-state index contributed by atoms with van der Waals surface area (Å²) in [5.41, 5.74) is 0. The van der Waals surface area contributed by atoms with Crippen LogP contribution in [0, 0.1) is 0 Å². The van der Waals surface area contributed by atoms with Crippen molar-refractivity contribution in [2.45, 2.75) is 0 Å². The van der Waals surface area contributed by atoms with Crippen LogP contribution in [0.2, 0.25) is 0 Å². The molecule has 6 heteroatoms. The van der Waals surface area contributed by atoms with Crippen molar-refractivity contribution in [3.63, 3.8) is 0 Å². The molecule has 34 valence electrons. The summed E-state index contributed by atoms with van der Waals surface area (Å²) in [6.45, 7) is 0. The van der Waals surface area contributed by atoms with Crippen LogP contribution < -0.4 is 0 Å². The summed E-state index contributed by atoms with van der Waals surface area (Å²) in [6, 6.07) is 0. The second-order valence-corrected chi connectivity index (χ2v) is 0. The summed E-state index contributed by atoms with van der Waals surface area (Å²) in [6.07, 6.45) is 0. The molecule has 0 bridgehead atoms. The molecule has 0 fully saturated rings. The first-order valence-electron chi connectivity index (χ1n) is 0. The van der Waals surface area contributed by atoms with Crippen LogP contribution in [0.25, 0.3) is 0 Å². The molecule has 0 aliphatic heterocycles. The number of rotatable bonds is 0. The minimum atomic E-state index is 0. The zero-order valence-electron chi connectivity index (χ0n) is 1.22. The first-order chi connectivity index (χ1) is 0. The van der Waals surface area contributed by atoms with Gasteiger partial charge in [0.25, 0.3) is 0 Å². The van der Waals surface area contributed by atoms with Gasteiger partial charge in [0.2, 0.25) is 0 Å². The molecule has 0 radical (unpaired) electrons. The molecule has 0 amide bonds. The van der Waals surface area contributed by atoms with Crippen LogP contribution in [0.1, 0.15) is 0 Å². The minimum absolute atomic E-state index is 0. The van der Waals surface area contributed by atoms with E-state index < -0.39 is 0 Å². The van der Waals surface area contributed by atoms with E-state index in [2.05, 4.69) is 0 Å². The van der Waals surface area contributed by atoms with E-state index in [-0.39, 0.29) is 152 Å².